The molecule has 3 unspecified atom stereocenters. The van der Waals surface area contributed by atoms with Gasteiger partial charge in [0.1, 0.15) is 0 Å². The molecule has 0 radical (unpaired) electrons. The van der Waals surface area contributed by atoms with Crippen LogP contribution in [0.4, 0.5) is 0 Å². The summed E-state index contributed by atoms with van der Waals surface area (Å²) in [7, 11) is 0. The van der Waals surface area contributed by atoms with Gasteiger partial charge in [0, 0.05) is 0 Å². The molecule has 2 aliphatic carbocycles. The van der Waals surface area contributed by atoms with Crippen LogP contribution in [0.25, 0.3) is 0 Å². The fourth-order valence-corrected chi connectivity index (χ4v) is 9.55. The molecule has 4 aromatic rings. The fraction of sp³-hybridized carbons (Fsp3) is 0.559. The van der Waals surface area contributed by atoms with Gasteiger partial charge in [0.25, 0.3) is 0 Å². The lowest BCUT2D eigenvalue weighted by molar-refractivity contribution is 0.0540. The summed E-state index contributed by atoms with van der Waals surface area (Å²) in [6.07, 6.45) is 17.2. The van der Waals surface area contributed by atoms with Crippen LogP contribution in [-0.4, -0.2) is 0 Å². The van der Waals surface area contributed by atoms with Crippen LogP contribution < -0.4 is 0 Å². The van der Waals surface area contributed by atoms with E-state index in [2.05, 4.69) is 243 Å². The third kappa shape index (κ3) is 32.0. The standard InChI is InChI=1S/C20H34.C9H14.3C9H12.2C4H8.2C2H6/c1-9-16(17-14-12-11-13-15(17)3)18(19(4,5)6)20(7,8)10-2;4*1-7-4-8(2)6-9(3)5-7;1-2-4-3-1;1-3-4-2;2*1-2/h11-14,16,18H,9-10H2,1-8H3;4-5,8H,6H2,1-3H3;3*4-6H,1-3H3;1-4H2;3H,1,4H2,2H3;2*1-2H3. The Balaban J connectivity index is -0.000000758. The summed E-state index contributed by atoms with van der Waals surface area (Å²) in [5.74, 6) is 2.09. The Morgan fingerprint density at radius 3 is 1.06 bits per heavy atom. The van der Waals surface area contributed by atoms with Crippen LogP contribution in [0.15, 0.2) is 115 Å². The lowest BCUT2D eigenvalue weighted by Gasteiger charge is -2.47. The Bertz CT molecular complexity index is 1690. The molecule has 4 aromatic carbocycles. The van der Waals surface area contributed by atoms with Crippen molar-refractivity contribution < 1.29 is 0 Å². The number of aryl methyl sites for hydroxylation is 10. The van der Waals surface area contributed by atoms with E-state index in [1.165, 1.54) is 112 Å². The van der Waals surface area contributed by atoms with E-state index in [1.807, 2.05) is 33.8 Å². The maximum Gasteiger partial charge on any atom is -0.0124 e. The molecule has 2 aliphatic rings. The molecule has 0 bridgehead atoms. The molecular weight excluding hydrogens is 817 g/mol. The molecule has 1 fully saturated rings. The van der Waals surface area contributed by atoms with Gasteiger partial charge in [-0.2, -0.15) is 0 Å². The highest BCUT2D eigenvalue weighted by Gasteiger charge is 2.42. The van der Waals surface area contributed by atoms with Crippen molar-refractivity contribution >= 4 is 0 Å². The van der Waals surface area contributed by atoms with Gasteiger partial charge in [-0.3, -0.25) is 0 Å². The quantitative estimate of drug-likeness (QED) is 0.169. The maximum atomic E-state index is 3.48. The van der Waals surface area contributed by atoms with Gasteiger partial charge in [-0.05, 0) is 142 Å². The summed E-state index contributed by atoms with van der Waals surface area (Å²) in [6.45, 7) is 58.4. The molecule has 0 spiro atoms. The van der Waals surface area contributed by atoms with E-state index < -0.39 is 0 Å². The fourth-order valence-electron chi connectivity index (χ4n) is 9.55. The zero-order valence-electron chi connectivity index (χ0n) is 49.8. The Hall–Kier alpha value is -3.90. The SMILES string of the molecule is C1CCC1.C=CCC.CC.CC.CC1=CC(C)CC(C)=C1.CCC(c1ccccc1C)C(C(C)(C)C)C(C)(C)CC.Cc1cc(C)cc(C)c1.Cc1cc(C)cc(C)c1.Cc1cc(C)cc(C)c1. The molecule has 0 N–H and O–H groups in total. The predicted molar refractivity (Wildman–Crippen MR) is 316 cm³/mol. The summed E-state index contributed by atoms with van der Waals surface area (Å²) in [6, 6.07) is 28.6. The van der Waals surface area contributed by atoms with Crippen LogP contribution in [0.1, 0.15) is 222 Å². The van der Waals surface area contributed by atoms with Crippen LogP contribution in [0.3, 0.4) is 0 Å². The van der Waals surface area contributed by atoms with E-state index in [1.54, 1.807) is 5.56 Å². The normalized spacial score (nSPS) is 14.1. The smallest absolute Gasteiger partial charge is 0.0124 e. The zero-order valence-corrected chi connectivity index (χ0v) is 49.8. The zero-order chi connectivity index (χ0) is 53.2. The van der Waals surface area contributed by atoms with Crippen molar-refractivity contribution in [1.82, 2.24) is 0 Å². The highest BCUT2D eigenvalue weighted by atomic mass is 14.5. The van der Waals surface area contributed by atoms with E-state index in [9.17, 15) is 0 Å². The molecule has 0 aromatic heterocycles. The molecule has 1 saturated carbocycles. The van der Waals surface area contributed by atoms with E-state index in [0.717, 1.165) is 12.3 Å². The van der Waals surface area contributed by atoms with Crippen molar-refractivity contribution in [3.8, 4) is 0 Å². The van der Waals surface area contributed by atoms with Crippen LogP contribution in [0, 0.1) is 91.9 Å². The van der Waals surface area contributed by atoms with Crippen LogP contribution in [0.2, 0.25) is 0 Å². The third-order valence-corrected chi connectivity index (χ3v) is 12.2. The van der Waals surface area contributed by atoms with E-state index in [4.69, 9.17) is 0 Å². The Morgan fingerprint density at radius 1 is 0.544 bits per heavy atom. The van der Waals surface area contributed by atoms with Gasteiger partial charge in [-0.1, -0.05) is 280 Å². The second-order valence-corrected chi connectivity index (χ2v) is 21.2. The average Bonchev–Trinajstić information content (AvgIpc) is 3.19. The Morgan fingerprint density at radius 2 is 0.853 bits per heavy atom. The minimum atomic E-state index is 0.322. The van der Waals surface area contributed by atoms with Gasteiger partial charge in [-0.15, -0.1) is 6.58 Å². The van der Waals surface area contributed by atoms with E-state index >= 15 is 0 Å². The van der Waals surface area contributed by atoms with Crippen molar-refractivity contribution in [2.24, 2.45) is 22.7 Å². The molecule has 0 saturated heterocycles. The minimum Gasteiger partial charge on any atom is -0.103 e. The van der Waals surface area contributed by atoms with Crippen molar-refractivity contribution in [2.75, 3.05) is 0 Å². The summed E-state index contributed by atoms with van der Waals surface area (Å²) in [5.41, 5.74) is 18.8. The topological polar surface area (TPSA) is 0 Å². The lowest BCUT2D eigenvalue weighted by atomic mass is 9.57. The van der Waals surface area contributed by atoms with Gasteiger partial charge in [0.15, 0.2) is 0 Å². The molecular formula is C68H112. The Labute approximate surface area is 427 Å². The highest BCUT2D eigenvalue weighted by molar-refractivity contribution is 5.32. The van der Waals surface area contributed by atoms with Gasteiger partial charge in [0.2, 0.25) is 0 Å². The second kappa shape index (κ2) is 37.9. The van der Waals surface area contributed by atoms with Gasteiger partial charge < -0.3 is 0 Å². The van der Waals surface area contributed by atoms with E-state index in [-0.39, 0.29) is 0 Å². The number of hydrogen-bond donors (Lipinski definition) is 0. The molecule has 0 heteroatoms. The summed E-state index contributed by atoms with van der Waals surface area (Å²) in [4.78, 5) is 0. The van der Waals surface area contributed by atoms with Gasteiger partial charge in [-0.25, -0.2) is 0 Å². The highest BCUT2D eigenvalue weighted by Crippen LogP contribution is 2.51. The summed E-state index contributed by atoms with van der Waals surface area (Å²) in [5, 5.41) is 0. The van der Waals surface area contributed by atoms with Crippen LogP contribution in [0.5, 0.6) is 0 Å². The maximum absolute atomic E-state index is 3.48. The second-order valence-electron chi connectivity index (χ2n) is 21.2. The molecule has 0 heterocycles. The van der Waals surface area contributed by atoms with Crippen LogP contribution >= 0.6 is 0 Å². The lowest BCUT2D eigenvalue weighted by Crippen LogP contribution is -2.39. The largest absolute Gasteiger partial charge is 0.103 e. The van der Waals surface area contributed by atoms with E-state index in [0.29, 0.717) is 22.7 Å². The molecule has 384 valence electrons. The number of rotatable bonds is 6. The third-order valence-electron chi connectivity index (χ3n) is 12.2. The molecule has 6 rings (SSSR count). The van der Waals surface area contributed by atoms with Crippen molar-refractivity contribution in [3.63, 3.8) is 0 Å². The average molecular weight is 930 g/mol. The molecule has 0 amide bonds. The van der Waals surface area contributed by atoms with Crippen molar-refractivity contribution in [1.29, 1.82) is 0 Å². The number of benzene rings is 4. The monoisotopic (exact) mass is 929 g/mol. The first kappa shape index (κ1) is 68.4. The Kier molecular flexibility index (Phi) is 38.1. The van der Waals surface area contributed by atoms with Gasteiger partial charge in [0.05, 0.1) is 0 Å². The van der Waals surface area contributed by atoms with Crippen molar-refractivity contribution in [3.05, 3.63) is 176 Å². The van der Waals surface area contributed by atoms with Crippen LogP contribution in [-0.2, 0) is 0 Å². The summed E-state index contributed by atoms with van der Waals surface area (Å²) < 4.78 is 0. The molecule has 0 aliphatic heterocycles. The first-order chi connectivity index (χ1) is 31.8. The summed E-state index contributed by atoms with van der Waals surface area (Å²) >= 11 is 0. The minimum absolute atomic E-state index is 0.322. The number of allylic oxidation sites excluding steroid dienone is 5. The molecule has 68 heavy (non-hydrogen) atoms. The first-order valence-corrected chi connectivity index (χ1v) is 27.0. The van der Waals surface area contributed by atoms with Crippen molar-refractivity contribution in [2.45, 2.75) is 230 Å². The van der Waals surface area contributed by atoms with Gasteiger partial charge >= 0.3 is 0 Å². The molecule has 3 atom stereocenters. The number of hydrogen-bond acceptors (Lipinski definition) is 0. The molecule has 0 nitrogen and oxygen atoms in total. The predicted octanol–water partition coefficient (Wildman–Crippen LogP) is 22.5. The first-order valence-electron chi connectivity index (χ1n) is 27.0.